The Morgan fingerprint density at radius 3 is 2.36 bits per heavy atom. The molecule has 3 aromatic carbocycles. The van der Waals surface area contributed by atoms with Gasteiger partial charge in [-0.05, 0) is 47.7 Å². The van der Waals surface area contributed by atoms with E-state index in [4.69, 9.17) is 4.74 Å². The van der Waals surface area contributed by atoms with Crippen LogP contribution in [0.1, 0.15) is 48.4 Å². The lowest BCUT2D eigenvalue weighted by Crippen LogP contribution is -2.29. The maximum atomic E-state index is 14.8. The van der Waals surface area contributed by atoms with Gasteiger partial charge in [-0.15, -0.1) is 0 Å². The summed E-state index contributed by atoms with van der Waals surface area (Å²) in [5.74, 6) is -1.75. The Hall–Kier alpha value is -3.51. The van der Waals surface area contributed by atoms with Crippen LogP contribution < -0.4 is 10.1 Å². The second kappa shape index (κ2) is 14.1. The van der Waals surface area contributed by atoms with Crippen molar-refractivity contribution in [2.75, 3.05) is 26.0 Å². The monoisotopic (exact) mass is 612 g/mol. The minimum absolute atomic E-state index is 0.0105. The van der Waals surface area contributed by atoms with Crippen LogP contribution in [0.2, 0.25) is 0 Å². The van der Waals surface area contributed by atoms with E-state index in [1.807, 2.05) is 11.8 Å². The predicted molar refractivity (Wildman–Crippen MR) is 149 cm³/mol. The van der Waals surface area contributed by atoms with Gasteiger partial charge in [-0.2, -0.15) is 13.2 Å². The molecule has 1 atom stereocenters. The van der Waals surface area contributed by atoms with Gasteiger partial charge in [0.15, 0.2) is 9.84 Å². The molecule has 0 bridgehead atoms. The molecule has 1 amide bonds. The number of hydrogen-bond donors (Lipinski definition) is 1. The molecule has 0 fully saturated rings. The topological polar surface area (TPSA) is 75.7 Å². The lowest BCUT2D eigenvalue weighted by molar-refractivity contribution is -0.137. The first kappa shape index (κ1) is 33.0. The summed E-state index contributed by atoms with van der Waals surface area (Å²) in [5.41, 5.74) is 0.402. The molecule has 42 heavy (non-hydrogen) atoms. The van der Waals surface area contributed by atoms with E-state index < -0.39 is 33.3 Å². The van der Waals surface area contributed by atoms with Gasteiger partial charge < -0.3 is 10.1 Å². The van der Waals surface area contributed by atoms with Crippen LogP contribution in [0.4, 0.5) is 22.0 Å². The molecule has 6 nitrogen and oxygen atoms in total. The Balaban J connectivity index is 1.73. The van der Waals surface area contributed by atoms with Crippen molar-refractivity contribution in [3.8, 4) is 5.75 Å². The molecular formula is C30H33F5N2O4S. The Kier molecular flexibility index (Phi) is 11.1. The van der Waals surface area contributed by atoms with E-state index in [9.17, 15) is 35.2 Å². The van der Waals surface area contributed by atoms with E-state index >= 15 is 0 Å². The van der Waals surface area contributed by atoms with Crippen LogP contribution in [0.3, 0.4) is 0 Å². The smallest absolute Gasteiger partial charge is 0.416 e. The molecule has 0 heterocycles. The molecule has 0 spiro atoms. The molecule has 228 valence electrons. The molecule has 3 rings (SSSR count). The molecule has 0 aliphatic rings. The minimum Gasteiger partial charge on any atom is -0.493 e. The lowest BCUT2D eigenvalue weighted by Gasteiger charge is -2.26. The summed E-state index contributed by atoms with van der Waals surface area (Å²) in [7, 11) is -3.84. The molecule has 0 aliphatic heterocycles. The van der Waals surface area contributed by atoms with E-state index in [-0.39, 0.29) is 47.6 Å². The zero-order chi connectivity index (χ0) is 31.1. The Bertz CT molecular complexity index is 1480. The number of nitrogens with one attached hydrogen (secondary N) is 1. The fraction of sp³-hybridized carbons (Fsp3) is 0.367. The highest BCUT2D eigenvalue weighted by molar-refractivity contribution is 7.90. The van der Waals surface area contributed by atoms with Gasteiger partial charge in [-0.25, -0.2) is 17.2 Å². The third-order valence-corrected chi connectivity index (χ3v) is 7.72. The minimum atomic E-state index is -4.48. The summed E-state index contributed by atoms with van der Waals surface area (Å²) in [6, 6.07) is 13.3. The summed E-state index contributed by atoms with van der Waals surface area (Å²) < 4.78 is 98.3. The summed E-state index contributed by atoms with van der Waals surface area (Å²) in [5, 5.41) is 2.39. The molecular weight excluding hydrogens is 579 g/mol. The molecule has 0 aliphatic carbocycles. The molecule has 0 saturated heterocycles. The number of hydrogen-bond acceptors (Lipinski definition) is 5. The number of alkyl halides is 3. The number of carbonyl (C=O) groups excluding carboxylic acids is 1. The van der Waals surface area contributed by atoms with Crippen molar-refractivity contribution in [3.05, 3.63) is 94.6 Å². The average Bonchev–Trinajstić information content (AvgIpc) is 2.89. The van der Waals surface area contributed by atoms with Gasteiger partial charge in [0.1, 0.15) is 17.4 Å². The number of sulfone groups is 1. The van der Waals surface area contributed by atoms with E-state index in [2.05, 4.69) is 5.32 Å². The maximum Gasteiger partial charge on any atom is 0.416 e. The Morgan fingerprint density at radius 2 is 1.74 bits per heavy atom. The largest absolute Gasteiger partial charge is 0.493 e. The van der Waals surface area contributed by atoms with Crippen molar-refractivity contribution in [1.82, 2.24) is 10.2 Å². The number of carbonyl (C=O) groups is 1. The average molecular weight is 613 g/mol. The summed E-state index contributed by atoms with van der Waals surface area (Å²) in [4.78, 5) is 12.9. The van der Waals surface area contributed by atoms with Crippen molar-refractivity contribution in [2.24, 2.45) is 0 Å². The number of nitrogens with zero attached hydrogens (tertiary/aromatic N) is 1. The predicted octanol–water partition coefficient (Wildman–Crippen LogP) is 6.10. The van der Waals surface area contributed by atoms with Crippen molar-refractivity contribution in [2.45, 2.75) is 50.3 Å². The van der Waals surface area contributed by atoms with Crippen LogP contribution in [-0.4, -0.2) is 45.2 Å². The SMILES string of the molecule is CC(=O)NCc1c(F)cc(OCCCN(Cc2cccc(C(F)(F)F)c2)CC(C)c2ccc(F)cc2)cc1S(C)(=O)=O. The zero-order valence-electron chi connectivity index (χ0n) is 23.5. The summed E-state index contributed by atoms with van der Waals surface area (Å²) in [6.07, 6.45) is -3.16. The third-order valence-electron chi connectivity index (χ3n) is 6.56. The third kappa shape index (κ3) is 9.80. The highest BCUT2D eigenvalue weighted by Gasteiger charge is 2.30. The Labute approximate surface area is 242 Å². The molecule has 3 aromatic rings. The summed E-state index contributed by atoms with van der Waals surface area (Å²) >= 11 is 0. The van der Waals surface area contributed by atoms with E-state index in [0.29, 0.717) is 25.1 Å². The Morgan fingerprint density at radius 1 is 1.05 bits per heavy atom. The molecule has 1 N–H and O–H groups in total. The van der Waals surface area contributed by atoms with Crippen molar-refractivity contribution >= 4 is 15.7 Å². The molecule has 0 aromatic heterocycles. The molecule has 0 radical (unpaired) electrons. The number of benzene rings is 3. The van der Waals surface area contributed by atoms with Gasteiger partial charge in [0, 0.05) is 51.0 Å². The van der Waals surface area contributed by atoms with Gasteiger partial charge in [-0.1, -0.05) is 37.3 Å². The van der Waals surface area contributed by atoms with Crippen molar-refractivity contribution in [3.63, 3.8) is 0 Å². The van der Waals surface area contributed by atoms with E-state index in [1.165, 1.54) is 31.2 Å². The first-order chi connectivity index (χ1) is 19.6. The zero-order valence-corrected chi connectivity index (χ0v) is 24.3. The lowest BCUT2D eigenvalue weighted by atomic mass is 10.00. The molecule has 0 saturated carbocycles. The number of halogens is 5. The second-order valence-corrected chi connectivity index (χ2v) is 12.1. The normalized spacial score (nSPS) is 12.8. The van der Waals surface area contributed by atoms with Gasteiger partial charge in [0.25, 0.3) is 0 Å². The van der Waals surface area contributed by atoms with E-state index in [1.54, 1.807) is 18.2 Å². The first-order valence-corrected chi connectivity index (χ1v) is 15.1. The van der Waals surface area contributed by atoms with Crippen LogP contribution in [-0.2, 0) is 33.9 Å². The first-order valence-electron chi connectivity index (χ1n) is 13.2. The van der Waals surface area contributed by atoms with Crippen LogP contribution >= 0.6 is 0 Å². The fourth-order valence-electron chi connectivity index (χ4n) is 4.49. The van der Waals surface area contributed by atoms with Gasteiger partial charge in [0.05, 0.1) is 17.1 Å². The number of rotatable bonds is 13. The molecule has 1 unspecified atom stereocenters. The highest BCUT2D eigenvalue weighted by Crippen LogP contribution is 2.30. The second-order valence-electron chi connectivity index (χ2n) is 10.2. The molecule has 12 heteroatoms. The number of amides is 1. The maximum absolute atomic E-state index is 14.8. The number of ether oxygens (including phenoxy) is 1. The van der Waals surface area contributed by atoms with E-state index in [0.717, 1.165) is 30.0 Å². The van der Waals surface area contributed by atoms with Gasteiger partial charge >= 0.3 is 6.18 Å². The summed E-state index contributed by atoms with van der Waals surface area (Å²) in [6.45, 7) is 3.97. The highest BCUT2D eigenvalue weighted by atomic mass is 32.2. The van der Waals surface area contributed by atoms with Gasteiger partial charge in [-0.3, -0.25) is 9.69 Å². The van der Waals surface area contributed by atoms with Crippen molar-refractivity contribution in [1.29, 1.82) is 0 Å². The van der Waals surface area contributed by atoms with Crippen LogP contribution in [0.5, 0.6) is 5.75 Å². The van der Waals surface area contributed by atoms with Crippen LogP contribution in [0.15, 0.2) is 65.6 Å². The van der Waals surface area contributed by atoms with Crippen LogP contribution in [0, 0.1) is 11.6 Å². The van der Waals surface area contributed by atoms with Crippen LogP contribution in [0.25, 0.3) is 0 Å². The quantitative estimate of drug-likeness (QED) is 0.187. The fourth-order valence-corrected chi connectivity index (χ4v) is 5.44. The standard InChI is InChI=1S/C30H33F5N2O4S/c1-20(23-8-10-25(31)11-9-23)18-37(19-22-6-4-7-24(14-22)30(33,34)35)12-5-13-41-26-15-28(32)27(17-36-21(2)38)29(16-26)42(3,39)40/h4,6-11,14-16,20H,5,12-13,17-19H2,1-3H3,(H,36,38). The van der Waals surface area contributed by atoms with Crippen molar-refractivity contribution < 1.29 is 39.9 Å². The van der Waals surface area contributed by atoms with Gasteiger partial charge in [0.2, 0.25) is 5.91 Å².